The number of nitrogens with zero attached hydrogens (tertiary/aromatic N) is 1. The van der Waals surface area contributed by atoms with Crippen LogP contribution >= 0.6 is 0 Å². The van der Waals surface area contributed by atoms with E-state index in [1.807, 2.05) is 27.7 Å². The quantitative estimate of drug-likeness (QED) is 0.368. The molecule has 1 unspecified atom stereocenters. The van der Waals surface area contributed by atoms with Gasteiger partial charge in [0, 0.05) is 42.9 Å². The van der Waals surface area contributed by atoms with Crippen LogP contribution in [0.5, 0.6) is 0 Å². The summed E-state index contributed by atoms with van der Waals surface area (Å²) in [5, 5.41) is 2.91. The zero-order chi connectivity index (χ0) is 26.7. The number of nitrogens with two attached hydrogens (primary N) is 1. The van der Waals surface area contributed by atoms with Crippen molar-refractivity contribution in [3.05, 3.63) is 70.3 Å². The summed E-state index contributed by atoms with van der Waals surface area (Å²) in [6.07, 6.45) is 2.61. The number of benzene rings is 2. The van der Waals surface area contributed by atoms with E-state index in [1.54, 1.807) is 23.1 Å². The van der Waals surface area contributed by atoms with Gasteiger partial charge in [0.1, 0.15) is 11.6 Å². The molecule has 0 fully saturated rings. The summed E-state index contributed by atoms with van der Waals surface area (Å²) in [5.74, 6) is -1.93. The summed E-state index contributed by atoms with van der Waals surface area (Å²) in [5.41, 5.74) is 8.25. The lowest BCUT2D eigenvalue weighted by atomic mass is 9.98. The van der Waals surface area contributed by atoms with Gasteiger partial charge < -0.3 is 20.7 Å². The molecule has 6 nitrogen and oxygen atoms in total. The van der Waals surface area contributed by atoms with Gasteiger partial charge in [-0.05, 0) is 74.1 Å². The van der Waals surface area contributed by atoms with Crippen molar-refractivity contribution in [1.29, 1.82) is 0 Å². The van der Waals surface area contributed by atoms with Crippen LogP contribution in [0.2, 0.25) is 0 Å². The zero-order valence-electron chi connectivity index (χ0n) is 21.8. The van der Waals surface area contributed by atoms with Crippen molar-refractivity contribution >= 4 is 11.8 Å². The molecule has 0 aliphatic carbocycles. The van der Waals surface area contributed by atoms with Crippen LogP contribution in [0.4, 0.5) is 8.78 Å². The fourth-order valence-corrected chi connectivity index (χ4v) is 4.10. The minimum Gasteiger partial charge on any atom is -0.380 e. The second-order valence-electron chi connectivity index (χ2n) is 9.18. The maximum absolute atomic E-state index is 13.8. The summed E-state index contributed by atoms with van der Waals surface area (Å²) in [6.45, 7) is 9.80. The highest BCUT2D eigenvalue weighted by atomic mass is 19.1. The SMILES string of the molecule is CCCOCC(N)[C@H](Cc1cc(F)cc(F)c1)NC(=O)c1cc(C)cc(C(=O)N(CCC)CCC)c1. The Bertz CT molecular complexity index is 989. The van der Waals surface area contributed by atoms with Gasteiger partial charge >= 0.3 is 0 Å². The van der Waals surface area contributed by atoms with E-state index in [4.69, 9.17) is 10.5 Å². The van der Waals surface area contributed by atoms with Gasteiger partial charge in [0.2, 0.25) is 0 Å². The average Bonchev–Trinajstić information content (AvgIpc) is 2.82. The minimum atomic E-state index is -0.698. The molecule has 0 heterocycles. The van der Waals surface area contributed by atoms with Crippen molar-refractivity contribution < 1.29 is 23.1 Å². The number of rotatable bonds is 14. The van der Waals surface area contributed by atoms with Crippen molar-refractivity contribution in [2.75, 3.05) is 26.3 Å². The van der Waals surface area contributed by atoms with Gasteiger partial charge in [0.05, 0.1) is 12.6 Å². The fourth-order valence-electron chi connectivity index (χ4n) is 4.10. The van der Waals surface area contributed by atoms with Crippen molar-refractivity contribution in [2.24, 2.45) is 5.73 Å². The molecule has 0 saturated heterocycles. The van der Waals surface area contributed by atoms with Crippen molar-refractivity contribution in [2.45, 2.75) is 65.5 Å². The van der Waals surface area contributed by atoms with Gasteiger partial charge in [-0.1, -0.05) is 20.8 Å². The van der Waals surface area contributed by atoms with Crippen LogP contribution in [0.25, 0.3) is 0 Å². The lowest BCUT2D eigenvalue weighted by Gasteiger charge is -2.26. The van der Waals surface area contributed by atoms with Crippen molar-refractivity contribution in [3.63, 3.8) is 0 Å². The predicted molar refractivity (Wildman–Crippen MR) is 138 cm³/mol. The molecule has 0 bridgehead atoms. The van der Waals surface area contributed by atoms with Gasteiger partial charge in [-0.3, -0.25) is 9.59 Å². The van der Waals surface area contributed by atoms with Gasteiger partial charge in [-0.2, -0.15) is 0 Å². The molecular weight excluding hydrogens is 464 g/mol. The first kappa shape index (κ1) is 29.4. The van der Waals surface area contributed by atoms with E-state index in [-0.39, 0.29) is 18.9 Å². The van der Waals surface area contributed by atoms with Gasteiger partial charge in [-0.25, -0.2) is 8.78 Å². The lowest BCUT2D eigenvalue weighted by molar-refractivity contribution is 0.0755. The third kappa shape index (κ3) is 8.99. The summed E-state index contributed by atoms with van der Waals surface area (Å²) in [4.78, 5) is 28.2. The molecule has 198 valence electrons. The summed E-state index contributed by atoms with van der Waals surface area (Å²) >= 11 is 0. The minimum absolute atomic E-state index is 0.118. The van der Waals surface area contributed by atoms with E-state index in [9.17, 15) is 18.4 Å². The molecular formula is C28H39F2N3O3. The van der Waals surface area contributed by atoms with Crippen molar-refractivity contribution in [3.8, 4) is 0 Å². The van der Waals surface area contributed by atoms with E-state index in [0.29, 0.717) is 36.4 Å². The Balaban J connectivity index is 2.29. The molecule has 0 saturated carbocycles. The maximum atomic E-state index is 13.8. The molecule has 2 aromatic carbocycles. The second kappa shape index (κ2) is 14.7. The Morgan fingerprint density at radius 1 is 0.944 bits per heavy atom. The number of halogens is 2. The Kier molecular flexibility index (Phi) is 12.0. The zero-order valence-corrected chi connectivity index (χ0v) is 21.8. The molecule has 2 atom stereocenters. The molecule has 0 aromatic heterocycles. The Morgan fingerprint density at radius 2 is 1.56 bits per heavy atom. The maximum Gasteiger partial charge on any atom is 0.253 e. The van der Waals surface area contributed by atoms with E-state index in [1.165, 1.54) is 12.1 Å². The second-order valence-corrected chi connectivity index (χ2v) is 9.18. The van der Waals surface area contributed by atoms with Crippen molar-refractivity contribution in [1.82, 2.24) is 10.2 Å². The van der Waals surface area contributed by atoms with Crippen LogP contribution in [0.3, 0.4) is 0 Å². The number of amides is 2. The average molecular weight is 504 g/mol. The molecule has 0 aliphatic heterocycles. The molecule has 36 heavy (non-hydrogen) atoms. The van der Waals surface area contributed by atoms with Gasteiger partial charge in [-0.15, -0.1) is 0 Å². The number of aryl methyl sites for hydroxylation is 1. The molecule has 8 heteroatoms. The smallest absolute Gasteiger partial charge is 0.253 e. The first-order valence-corrected chi connectivity index (χ1v) is 12.7. The molecule has 0 aliphatic rings. The number of nitrogens with one attached hydrogen (secondary N) is 1. The number of hydrogen-bond acceptors (Lipinski definition) is 4. The number of ether oxygens (including phenoxy) is 1. The van der Waals surface area contributed by atoms with Gasteiger partial charge in [0.15, 0.2) is 0 Å². The van der Waals surface area contributed by atoms with E-state index in [2.05, 4.69) is 5.32 Å². The van der Waals surface area contributed by atoms with E-state index < -0.39 is 29.6 Å². The van der Waals surface area contributed by atoms with Crippen LogP contribution < -0.4 is 11.1 Å². The Morgan fingerprint density at radius 3 is 2.14 bits per heavy atom. The number of carbonyl (C=O) groups excluding carboxylic acids is 2. The van der Waals surface area contributed by atoms with Gasteiger partial charge in [0.25, 0.3) is 11.8 Å². The van der Waals surface area contributed by atoms with Crippen LogP contribution in [0, 0.1) is 18.6 Å². The highest BCUT2D eigenvalue weighted by Crippen LogP contribution is 2.16. The highest BCUT2D eigenvalue weighted by molar-refractivity contribution is 6.00. The van der Waals surface area contributed by atoms with Crippen LogP contribution in [0.1, 0.15) is 71.9 Å². The number of hydrogen-bond donors (Lipinski definition) is 2. The lowest BCUT2D eigenvalue weighted by Crippen LogP contribution is -2.51. The van der Waals surface area contributed by atoms with E-state index >= 15 is 0 Å². The standard InChI is InChI=1S/C28H39F2N3O3/c1-5-8-33(9-6-2)28(35)22-12-19(4)11-21(16-22)27(34)32-26(25(31)18-36-10-7-3)15-20-13-23(29)17-24(30)14-20/h11-14,16-17,25-26H,5-10,15,18,31H2,1-4H3,(H,32,34)/t25?,26-/m0/s1. The predicted octanol–water partition coefficient (Wildman–Crippen LogP) is 4.63. The highest BCUT2D eigenvalue weighted by Gasteiger charge is 2.24. The normalized spacial score (nSPS) is 12.8. The largest absolute Gasteiger partial charge is 0.380 e. The molecule has 0 spiro atoms. The first-order valence-electron chi connectivity index (χ1n) is 12.7. The summed E-state index contributed by atoms with van der Waals surface area (Å²) < 4.78 is 33.1. The Hall–Kier alpha value is -2.84. The van der Waals surface area contributed by atoms with Crippen LogP contribution in [-0.4, -0.2) is 55.1 Å². The fraction of sp³-hybridized carbons (Fsp3) is 0.500. The van der Waals surface area contributed by atoms with Crippen LogP contribution in [-0.2, 0) is 11.2 Å². The topological polar surface area (TPSA) is 84.7 Å². The van der Waals surface area contributed by atoms with Crippen LogP contribution in [0.15, 0.2) is 36.4 Å². The molecule has 2 aromatic rings. The third-order valence-corrected chi connectivity index (χ3v) is 5.73. The van der Waals surface area contributed by atoms with E-state index in [0.717, 1.165) is 30.9 Å². The Labute approximate surface area is 213 Å². The monoisotopic (exact) mass is 503 g/mol. The third-order valence-electron chi connectivity index (χ3n) is 5.73. The first-order chi connectivity index (χ1) is 17.2. The summed E-state index contributed by atoms with van der Waals surface area (Å²) in [6, 6.07) is 7.05. The summed E-state index contributed by atoms with van der Waals surface area (Å²) in [7, 11) is 0. The molecule has 3 N–H and O–H groups in total. The molecule has 0 radical (unpaired) electrons. The molecule has 2 amide bonds. The number of carbonyl (C=O) groups is 2. The molecule has 2 rings (SSSR count).